The summed E-state index contributed by atoms with van der Waals surface area (Å²) in [4.78, 5) is 30.3. The number of aromatic nitrogens is 1. The molecular formula is C26H30N2O5. The summed E-state index contributed by atoms with van der Waals surface area (Å²) in [5, 5.41) is 12.6. The molecule has 7 nitrogen and oxygen atoms in total. The van der Waals surface area contributed by atoms with Crippen LogP contribution in [0.15, 0.2) is 29.1 Å². The first kappa shape index (κ1) is 20.9. The van der Waals surface area contributed by atoms with Gasteiger partial charge in [-0.15, -0.1) is 0 Å². The van der Waals surface area contributed by atoms with E-state index in [1.165, 1.54) is 25.5 Å². The van der Waals surface area contributed by atoms with Gasteiger partial charge in [-0.1, -0.05) is 6.07 Å². The maximum absolute atomic E-state index is 12.7. The Kier molecular flexibility index (Phi) is 4.55. The molecule has 1 aliphatic heterocycles. The molecule has 2 fully saturated rings. The van der Waals surface area contributed by atoms with Gasteiger partial charge in [0.05, 0.1) is 19.8 Å². The number of fused-ring (bicyclic) bond motifs is 2. The van der Waals surface area contributed by atoms with Gasteiger partial charge in [-0.25, -0.2) is 4.79 Å². The van der Waals surface area contributed by atoms with Gasteiger partial charge in [0, 0.05) is 36.5 Å². The third kappa shape index (κ3) is 2.95. The first-order valence-corrected chi connectivity index (χ1v) is 11.9. The molecule has 2 N–H and O–H groups in total. The topological polar surface area (TPSA) is 91.9 Å². The van der Waals surface area contributed by atoms with Crippen LogP contribution in [0.4, 0.5) is 0 Å². The van der Waals surface area contributed by atoms with Gasteiger partial charge in [0.2, 0.25) is 0 Å². The van der Waals surface area contributed by atoms with E-state index >= 15 is 0 Å². The van der Waals surface area contributed by atoms with Crippen LogP contribution in [0.5, 0.6) is 5.75 Å². The normalized spacial score (nSPS) is 30.1. The molecule has 1 unspecified atom stereocenters. The van der Waals surface area contributed by atoms with Gasteiger partial charge < -0.3 is 19.6 Å². The molecule has 4 aliphatic rings. The summed E-state index contributed by atoms with van der Waals surface area (Å²) in [6.45, 7) is 1.96. The Morgan fingerprint density at radius 2 is 2.03 bits per heavy atom. The molecule has 2 aromatic rings. The van der Waals surface area contributed by atoms with Crippen molar-refractivity contribution in [1.29, 1.82) is 0 Å². The third-order valence-electron chi connectivity index (χ3n) is 8.64. The smallest absolute Gasteiger partial charge is 0.343 e. The van der Waals surface area contributed by atoms with Gasteiger partial charge in [-0.3, -0.25) is 9.69 Å². The second-order valence-corrected chi connectivity index (χ2v) is 10.3. The van der Waals surface area contributed by atoms with Crippen LogP contribution >= 0.6 is 0 Å². The lowest BCUT2D eigenvalue weighted by atomic mass is 9.49. The van der Waals surface area contributed by atoms with Gasteiger partial charge in [-0.05, 0) is 73.0 Å². The molecule has 3 atom stereocenters. The number of benzene rings is 1. The van der Waals surface area contributed by atoms with Crippen LogP contribution in [-0.2, 0) is 29.4 Å². The second kappa shape index (κ2) is 7.18. The van der Waals surface area contributed by atoms with Crippen molar-refractivity contribution in [2.24, 2.45) is 5.92 Å². The fraction of sp³-hybridized carbons (Fsp3) is 0.538. The number of aliphatic hydroxyl groups is 1. The molecule has 0 amide bonds. The van der Waals surface area contributed by atoms with Crippen LogP contribution < -0.4 is 10.3 Å². The van der Waals surface area contributed by atoms with Crippen molar-refractivity contribution in [1.82, 2.24) is 9.88 Å². The van der Waals surface area contributed by atoms with Crippen LogP contribution in [0.2, 0.25) is 0 Å². The predicted octanol–water partition coefficient (Wildman–Crippen LogP) is 1.98. The number of hydrogen-bond acceptors (Lipinski definition) is 6. The molecular weight excluding hydrogens is 420 g/mol. The van der Waals surface area contributed by atoms with E-state index < -0.39 is 22.5 Å². The number of aromatic amines is 1. The fourth-order valence-corrected chi connectivity index (χ4v) is 6.76. The number of carbonyl (C=O) groups excluding carboxylic acids is 1. The number of methoxy groups -OCH3 is 2. The Morgan fingerprint density at radius 3 is 2.76 bits per heavy atom. The average molecular weight is 451 g/mol. The highest BCUT2D eigenvalue weighted by molar-refractivity contribution is 5.89. The summed E-state index contributed by atoms with van der Waals surface area (Å²) >= 11 is 0. The van der Waals surface area contributed by atoms with E-state index in [4.69, 9.17) is 9.47 Å². The number of rotatable bonds is 4. The van der Waals surface area contributed by atoms with Crippen molar-refractivity contribution < 1.29 is 19.4 Å². The quantitative estimate of drug-likeness (QED) is 0.693. The molecule has 1 saturated carbocycles. The number of nitrogens with one attached hydrogen (secondary N) is 1. The van der Waals surface area contributed by atoms with Gasteiger partial charge in [0.25, 0.3) is 5.56 Å². The van der Waals surface area contributed by atoms with Crippen molar-refractivity contribution in [3.05, 3.63) is 62.6 Å². The van der Waals surface area contributed by atoms with E-state index in [0.29, 0.717) is 12.8 Å². The van der Waals surface area contributed by atoms with Crippen molar-refractivity contribution >= 4 is 5.97 Å². The fourth-order valence-electron chi connectivity index (χ4n) is 6.76. The molecule has 1 aromatic heterocycles. The largest absolute Gasteiger partial charge is 0.497 e. The Balaban J connectivity index is 1.53. The lowest BCUT2D eigenvalue weighted by Gasteiger charge is -2.63. The average Bonchev–Trinajstić information content (AvgIpc) is 3.62. The molecule has 1 saturated heterocycles. The summed E-state index contributed by atoms with van der Waals surface area (Å²) in [6, 6.07) is 7.85. The summed E-state index contributed by atoms with van der Waals surface area (Å²) in [7, 11) is 2.94. The van der Waals surface area contributed by atoms with Gasteiger partial charge in [-0.2, -0.15) is 0 Å². The number of hydrogen-bond donors (Lipinski definition) is 2. The predicted molar refractivity (Wildman–Crippen MR) is 122 cm³/mol. The first-order valence-electron chi connectivity index (χ1n) is 11.9. The molecule has 2 heterocycles. The summed E-state index contributed by atoms with van der Waals surface area (Å²) in [6.07, 6.45) is 5.06. The molecule has 33 heavy (non-hydrogen) atoms. The monoisotopic (exact) mass is 450 g/mol. The van der Waals surface area contributed by atoms with Gasteiger partial charge in [0.1, 0.15) is 11.3 Å². The Morgan fingerprint density at radius 1 is 1.21 bits per heavy atom. The number of piperidine rings is 1. The summed E-state index contributed by atoms with van der Waals surface area (Å²) in [5.41, 5.74) is 2.07. The van der Waals surface area contributed by atoms with Crippen LogP contribution in [0.1, 0.15) is 52.0 Å². The molecule has 6 rings (SSSR count). The highest BCUT2D eigenvalue weighted by Gasteiger charge is 2.64. The highest BCUT2D eigenvalue weighted by Crippen LogP contribution is 2.57. The van der Waals surface area contributed by atoms with E-state index in [-0.39, 0.29) is 11.6 Å². The Bertz CT molecular complexity index is 1200. The number of carbonyl (C=O) groups is 1. The minimum absolute atomic E-state index is 0.00519. The van der Waals surface area contributed by atoms with Crippen molar-refractivity contribution in [2.45, 2.75) is 55.6 Å². The van der Waals surface area contributed by atoms with E-state index in [1.807, 2.05) is 6.07 Å². The maximum Gasteiger partial charge on any atom is 0.343 e. The molecule has 0 spiro atoms. The number of H-pyrrole nitrogens is 1. The van der Waals surface area contributed by atoms with E-state index in [2.05, 4.69) is 22.0 Å². The molecule has 174 valence electrons. The lowest BCUT2D eigenvalue weighted by Crippen LogP contribution is -2.74. The van der Waals surface area contributed by atoms with Crippen LogP contribution in [0.3, 0.4) is 0 Å². The molecule has 0 radical (unpaired) electrons. The SMILES string of the molecule is COC(=O)c1cc2c([nH]c1=O)CC13CCN(CC4CC4)[C@H](Cc4ccc(OC)cc41)[C@]3(O)C2. The summed E-state index contributed by atoms with van der Waals surface area (Å²) in [5.74, 6) is 0.863. The zero-order chi connectivity index (χ0) is 23.0. The molecule has 1 aromatic carbocycles. The van der Waals surface area contributed by atoms with E-state index in [1.54, 1.807) is 13.2 Å². The Hall–Kier alpha value is -2.64. The summed E-state index contributed by atoms with van der Waals surface area (Å²) < 4.78 is 10.4. The number of pyridine rings is 1. The number of ether oxygens (including phenoxy) is 2. The number of likely N-dealkylation sites (tertiary alicyclic amines) is 1. The molecule has 2 bridgehead atoms. The Labute approximate surface area is 192 Å². The number of esters is 1. The third-order valence-corrected chi connectivity index (χ3v) is 8.64. The van der Waals surface area contributed by atoms with E-state index in [0.717, 1.165) is 54.4 Å². The first-order chi connectivity index (χ1) is 15.9. The molecule has 3 aliphatic carbocycles. The maximum atomic E-state index is 12.7. The zero-order valence-electron chi connectivity index (χ0n) is 19.1. The zero-order valence-corrected chi connectivity index (χ0v) is 19.1. The van der Waals surface area contributed by atoms with Crippen molar-refractivity contribution in [2.75, 3.05) is 27.3 Å². The van der Waals surface area contributed by atoms with Gasteiger partial charge in [0.15, 0.2) is 0 Å². The van der Waals surface area contributed by atoms with Crippen molar-refractivity contribution in [3.63, 3.8) is 0 Å². The number of nitrogens with zero attached hydrogens (tertiary/aromatic N) is 1. The minimum atomic E-state index is -1.00. The standard InChI is InChI=1S/C26H30N2O5/c1-32-18-6-5-16-10-22-26(31)12-17-9-19(24(30)33-2)23(29)27-21(17)13-25(26,20(16)11-18)7-8-28(22)14-15-3-4-15/h5-6,9,11,15,22,31H,3-4,7-8,10,12-14H2,1-2H3,(H,27,29)/t22-,25?,26-/m1/s1. The van der Waals surface area contributed by atoms with E-state index in [9.17, 15) is 14.7 Å². The van der Waals surface area contributed by atoms with Crippen LogP contribution in [0, 0.1) is 5.92 Å². The second-order valence-electron chi connectivity index (χ2n) is 10.3. The molecule has 7 heteroatoms. The van der Waals surface area contributed by atoms with Crippen LogP contribution in [-0.4, -0.2) is 59.9 Å². The minimum Gasteiger partial charge on any atom is -0.497 e. The van der Waals surface area contributed by atoms with Crippen molar-refractivity contribution in [3.8, 4) is 5.75 Å². The lowest BCUT2D eigenvalue weighted by molar-refractivity contribution is -0.152. The van der Waals surface area contributed by atoms with Crippen LogP contribution in [0.25, 0.3) is 0 Å². The highest BCUT2D eigenvalue weighted by atomic mass is 16.5. The van der Waals surface area contributed by atoms with Gasteiger partial charge >= 0.3 is 5.97 Å².